The van der Waals surface area contributed by atoms with Crippen LogP contribution >= 0.6 is 0 Å². The second-order valence-corrected chi connectivity index (χ2v) is 9.41. The van der Waals surface area contributed by atoms with Crippen molar-refractivity contribution in [3.8, 4) is 0 Å². The molecular formula is C19H39N3. The van der Waals surface area contributed by atoms with Crippen molar-refractivity contribution in [2.45, 2.75) is 71.9 Å². The summed E-state index contributed by atoms with van der Waals surface area (Å²) < 4.78 is 0. The Morgan fingerprint density at radius 3 is 1.86 bits per heavy atom. The fourth-order valence-corrected chi connectivity index (χ4v) is 3.92. The van der Waals surface area contributed by atoms with Gasteiger partial charge < -0.3 is 4.90 Å². The lowest BCUT2D eigenvalue weighted by atomic mass is 10.0. The molecule has 1 unspecified atom stereocenters. The Morgan fingerprint density at radius 2 is 1.36 bits per heavy atom. The normalized spacial score (nSPS) is 26.7. The molecular weight excluding hydrogens is 270 g/mol. The van der Waals surface area contributed by atoms with Crippen molar-refractivity contribution >= 4 is 0 Å². The summed E-state index contributed by atoms with van der Waals surface area (Å²) in [7, 11) is 0. The fourth-order valence-electron chi connectivity index (χ4n) is 3.92. The van der Waals surface area contributed by atoms with Crippen molar-refractivity contribution in [3.05, 3.63) is 0 Å². The van der Waals surface area contributed by atoms with E-state index in [0.29, 0.717) is 11.1 Å². The van der Waals surface area contributed by atoms with E-state index in [0.717, 1.165) is 5.92 Å². The highest BCUT2D eigenvalue weighted by atomic mass is 15.3. The molecule has 2 saturated heterocycles. The van der Waals surface area contributed by atoms with Crippen LogP contribution in [0, 0.1) is 5.92 Å². The van der Waals surface area contributed by atoms with E-state index >= 15 is 0 Å². The maximum Gasteiger partial charge on any atom is 0.0126 e. The molecule has 2 fully saturated rings. The van der Waals surface area contributed by atoms with E-state index in [4.69, 9.17) is 0 Å². The average molecular weight is 310 g/mol. The van der Waals surface area contributed by atoms with Crippen molar-refractivity contribution in [2.75, 3.05) is 45.8 Å². The van der Waals surface area contributed by atoms with Gasteiger partial charge in [-0.25, -0.2) is 0 Å². The van der Waals surface area contributed by atoms with E-state index in [-0.39, 0.29) is 0 Å². The molecule has 1 atom stereocenters. The van der Waals surface area contributed by atoms with Crippen LogP contribution < -0.4 is 0 Å². The van der Waals surface area contributed by atoms with Gasteiger partial charge in [0.05, 0.1) is 0 Å². The van der Waals surface area contributed by atoms with E-state index in [2.05, 4.69) is 56.2 Å². The smallest absolute Gasteiger partial charge is 0.0126 e. The van der Waals surface area contributed by atoms with Gasteiger partial charge in [0.2, 0.25) is 0 Å². The summed E-state index contributed by atoms with van der Waals surface area (Å²) in [5.74, 6) is 0.940. The van der Waals surface area contributed by atoms with Crippen molar-refractivity contribution in [1.29, 1.82) is 0 Å². The van der Waals surface area contributed by atoms with Crippen LogP contribution in [0.5, 0.6) is 0 Å². The number of rotatable bonds is 4. The van der Waals surface area contributed by atoms with Gasteiger partial charge in [-0.1, -0.05) is 0 Å². The van der Waals surface area contributed by atoms with Crippen molar-refractivity contribution < 1.29 is 0 Å². The van der Waals surface area contributed by atoms with E-state index in [9.17, 15) is 0 Å². The van der Waals surface area contributed by atoms with Gasteiger partial charge in [-0.2, -0.15) is 0 Å². The van der Waals surface area contributed by atoms with Crippen molar-refractivity contribution in [2.24, 2.45) is 5.92 Å². The van der Waals surface area contributed by atoms with E-state index in [1.165, 1.54) is 65.1 Å². The summed E-state index contributed by atoms with van der Waals surface area (Å²) in [5, 5.41) is 0. The van der Waals surface area contributed by atoms with Gasteiger partial charge in [0, 0.05) is 43.8 Å². The standard InChI is InChI=1S/C19H39N3/c1-18(2,3)21-14-12-20(13-15-21)10-7-8-17-9-11-22(16-17)19(4,5)6/h17H,7-16H2,1-6H3. The number of nitrogens with zero attached hydrogens (tertiary/aromatic N) is 3. The summed E-state index contributed by atoms with van der Waals surface area (Å²) in [6, 6.07) is 0. The molecule has 0 amide bonds. The van der Waals surface area contributed by atoms with Gasteiger partial charge in [0.25, 0.3) is 0 Å². The van der Waals surface area contributed by atoms with Gasteiger partial charge in [-0.05, 0) is 79.8 Å². The van der Waals surface area contributed by atoms with Gasteiger partial charge in [-0.15, -0.1) is 0 Å². The zero-order valence-electron chi connectivity index (χ0n) is 16.0. The van der Waals surface area contributed by atoms with E-state index in [1.807, 2.05) is 0 Å². The lowest BCUT2D eigenvalue weighted by molar-refractivity contribution is 0.0610. The van der Waals surface area contributed by atoms with Crippen LogP contribution in [-0.2, 0) is 0 Å². The molecule has 0 bridgehead atoms. The zero-order chi connectivity index (χ0) is 16.4. The predicted molar refractivity (Wildman–Crippen MR) is 96.4 cm³/mol. The molecule has 22 heavy (non-hydrogen) atoms. The van der Waals surface area contributed by atoms with Crippen LogP contribution in [-0.4, -0.2) is 71.6 Å². The Kier molecular flexibility index (Phi) is 5.95. The maximum atomic E-state index is 2.68. The molecule has 0 radical (unpaired) electrons. The number of hydrogen-bond acceptors (Lipinski definition) is 3. The third-order valence-electron chi connectivity index (χ3n) is 5.64. The summed E-state index contributed by atoms with van der Waals surface area (Å²) in [6.07, 6.45) is 4.22. The lowest BCUT2D eigenvalue weighted by Crippen LogP contribution is -2.53. The maximum absolute atomic E-state index is 2.68. The second-order valence-electron chi connectivity index (χ2n) is 9.41. The van der Waals surface area contributed by atoms with Crippen molar-refractivity contribution in [3.63, 3.8) is 0 Å². The molecule has 0 spiro atoms. The van der Waals surface area contributed by atoms with E-state index < -0.39 is 0 Å². The molecule has 130 valence electrons. The van der Waals surface area contributed by atoms with Crippen LogP contribution in [0.1, 0.15) is 60.8 Å². The third kappa shape index (κ3) is 5.21. The highest BCUT2D eigenvalue weighted by molar-refractivity contribution is 4.85. The first kappa shape index (κ1) is 18.2. The molecule has 0 N–H and O–H groups in total. The van der Waals surface area contributed by atoms with Crippen LogP contribution in [0.4, 0.5) is 0 Å². The van der Waals surface area contributed by atoms with Crippen molar-refractivity contribution in [1.82, 2.24) is 14.7 Å². The summed E-state index contributed by atoms with van der Waals surface area (Å²) in [6.45, 7) is 23.0. The minimum atomic E-state index is 0.340. The molecule has 0 aromatic rings. The Bertz CT molecular complexity index is 332. The van der Waals surface area contributed by atoms with E-state index in [1.54, 1.807) is 0 Å². The highest BCUT2D eigenvalue weighted by Gasteiger charge is 2.30. The monoisotopic (exact) mass is 309 g/mol. The second kappa shape index (κ2) is 7.19. The quantitative estimate of drug-likeness (QED) is 0.789. The summed E-state index contributed by atoms with van der Waals surface area (Å²) in [5.41, 5.74) is 0.699. The Labute approximate surface area is 139 Å². The first-order valence-electron chi connectivity index (χ1n) is 9.39. The van der Waals surface area contributed by atoms with Gasteiger partial charge >= 0.3 is 0 Å². The van der Waals surface area contributed by atoms with Crippen LogP contribution in [0.3, 0.4) is 0 Å². The number of piperazine rings is 1. The Morgan fingerprint density at radius 1 is 0.773 bits per heavy atom. The summed E-state index contributed by atoms with van der Waals surface area (Å²) >= 11 is 0. The molecule has 0 aliphatic carbocycles. The molecule has 2 aliphatic rings. The molecule has 0 aromatic carbocycles. The topological polar surface area (TPSA) is 9.72 Å². The number of likely N-dealkylation sites (tertiary alicyclic amines) is 1. The minimum absolute atomic E-state index is 0.340. The lowest BCUT2D eigenvalue weighted by Gasteiger charge is -2.42. The molecule has 2 rings (SSSR count). The zero-order valence-corrected chi connectivity index (χ0v) is 16.0. The summed E-state index contributed by atoms with van der Waals surface area (Å²) in [4.78, 5) is 7.97. The third-order valence-corrected chi connectivity index (χ3v) is 5.64. The first-order chi connectivity index (χ1) is 10.2. The first-order valence-corrected chi connectivity index (χ1v) is 9.39. The van der Waals surface area contributed by atoms with Gasteiger partial charge in [0.1, 0.15) is 0 Å². The minimum Gasteiger partial charge on any atom is -0.301 e. The predicted octanol–water partition coefficient (Wildman–Crippen LogP) is 3.30. The SMILES string of the molecule is CC(C)(C)N1CCN(CCCC2CCN(C(C)(C)C)C2)CC1. The fraction of sp³-hybridized carbons (Fsp3) is 1.00. The van der Waals surface area contributed by atoms with Crippen LogP contribution in [0.15, 0.2) is 0 Å². The largest absolute Gasteiger partial charge is 0.301 e. The number of hydrogen-bond donors (Lipinski definition) is 0. The molecule has 2 heterocycles. The molecule has 0 saturated carbocycles. The molecule has 0 aromatic heterocycles. The van der Waals surface area contributed by atoms with Crippen LogP contribution in [0.25, 0.3) is 0 Å². The molecule has 3 nitrogen and oxygen atoms in total. The highest BCUT2D eigenvalue weighted by Crippen LogP contribution is 2.27. The Balaban J connectivity index is 1.61. The molecule has 3 heteroatoms. The van der Waals surface area contributed by atoms with Crippen LogP contribution in [0.2, 0.25) is 0 Å². The molecule has 2 aliphatic heterocycles. The average Bonchev–Trinajstić information content (AvgIpc) is 2.87. The van der Waals surface area contributed by atoms with Gasteiger partial charge in [0.15, 0.2) is 0 Å². The van der Waals surface area contributed by atoms with Gasteiger partial charge in [-0.3, -0.25) is 9.80 Å². The Hall–Kier alpha value is -0.120.